The molecule has 19 heavy (non-hydrogen) atoms. The fourth-order valence-corrected chi connectivity index (χ4v) is 1.92. The number of hydrogen-bond acceptors (Lipinski definition) is 4. The first kappa shape index (κ1) is 13.2. The summed E-state index contributed by atoms with van der Waals surface area (Å²) in [5.74, 6) is -1.55. The number of amides is 1. The van der Waals surface area contributed by atoms with Crippen LogP contribution in [0.5, 0.6) is 5.75 Å². The van der Waals surface area contributed by atoms with E-state index in [2.05, 4.69) is 5.10 Å². The Hall–Kier alpha value is -2.24. The summed E-state index contributed by atoms with van der Waals surface area (Å²) in [4.78, 5) is 22.8. The molecule has 0 N–H and O–H groups in total. The lowest BCUT2D eigenvalue weighted by Crippen LogP contribution is -2.26. The Balaban J connectivity index is 2.49. The second-order valence-electron chi connectivity index (χ2n) is 4.03. The zero-order valence-corrected chi connectivity index (χ0v) is 10.6. The number of nitrogens with zero attached hydrogens (tertiary/aromatic N) is 2. The molecule has 1 aliphatic heterocycles. The Morgan fingerprint density at radius 1 is 1.53 bits per heavy atom. The van der Waals surface area contributed by atoms with Crippen molar-refractivity contribution < 1.29 is 18.7 Å². The molecular weight excluding hydrogens is 251 g/mol. The molecule has 1 aromatic rings. The minimum Gasteiger partial charge on any atom is -0.493 e. The lowest BCUT2D eigenvalue weighted by atomic mass is 9.97. The third kappa shape index (κ3) is 2.33. The van der Waals surface area contributed by atoms with Gasteiger partial charge in [0.1, 0.15) is 23.8 Å². The third-order valence-electron chi connectivity index (χ3n) is 2.79. The Morgan fingerprint density at radius 3 is 2.89 bits per heavy atom. The van der Waals surface area contributed by atoms with Gasteiger partial charge in [0, 0.05) is 18.7 Å². The van der Waals surface area contributed by atoms with E-state index in [-0.39, 0.29) is 11.5 Å². The van der Waals surface area contributed by atoms with Gasteiger partial charge >= 0.3 is 0 Å². The van der Waals surface area contributed by atoms with Crippen molar-refractivity contribution in [3.63, 3.8) is 0 Å². The summed E-state index contributed by atoms with van der Waals surface area (Å²) < 4.78 is 18.6. The van der Waals surface area contributed by atoms with Crippen molar-refractivity contribution in [3.8, 4) is 5.75 Å². The molecule has 1 amide bonds. The molecule has 1 atom stereocenters. The van der Waals surface area contributed by atoms with Gasteiger partial charge in [-0.1, -0.05) is 0 Å². The maximum absolute atomic E-state index is 13.2. The van der Waals surface area contributed by atoms with Gasteiger partial charge < -0.3 is 9.53 Å². The molecular formula is C13H13FN2O3. The van der Waals surface area contributed by atoms with Crippen LogP contribution < -0.4 is 4.74 Å². The predicted octanol–water partition coefficient (Wildman–Crippen LogP) is 1.22. The first-order valence-corrected chi connectivity index (χ1v) is 5.82. The van der Waals surface area contributed by atoms with Crippen LogP contribution in [0.1, 0.15) is 12.5 Å². The highest BCUT2D eigenvalue weighted by Gasteiger charge is 2.35. The summed E-state index contributed by atoms with van der Waals surface area (Å²) in [7, 11) is 1.47. The SMILES string of the molecule is CCOc1cc(F)ccc1C1=NN(C)C(=O)C1C=O. The second-order valence-corrected chi connectivity index (χ2v) is 4.03. The van der Waals surface area contributed by atoms with Crippen molar-refractivity contribution in [1.82, 2.24) is 5.01 Å². The lowest BCUT2D eigenvalue weighted by Gasteiger charge is -2.11. The van der Waals surface area contributed by atoms with Crippen molar-refractivity contribution in [3.05, 3.63) is 29.6 Å². The topological polar surface area (TPSA) is 59.0 Å². The van der Waals surface area contributed by atoms with E-state index in [0.29, 0.717) is 18.5 Å². The minimum atomic E-state index is -0.963. The Morgan fingerprint density at radius 2 is 2.26 bits per heavy atom. The van der Waals surface area contributed by atoms with E-state index < -0.39 is 17.6 Å². The molecule has 0 spiro atoms. The number of carbonyl (C=O) groups excluding carboxylic acids is 2. The summed E-state index contributed by atoms with van der Waals surface area (Å²) in [5.41, 5.74) is 0.740. The average Bonchev–Trinajstić information content (AvgIpc) is 2.66. The third-order valence-corrected chi connectivity index (χ3v) is 2.79. The van der Waals surface area contributed by atoms with E-state index in [1.807, 2.05) is 0 Å². The van der Waals surface area contributed by atoms with E-state index in [4.69, 9.17) is 4.74 Å². The fraction of sp³-hybridized carbons (Fsp3) is 0.308. The molecule has 6 heteroatoms. The number of aldehydes is 1. The quantitative estimate of drug-likeness (QED) is 0.606. The number of halogens is 1. The highest BCUT2D eigenvalue weighted by molar-refractivity contribution is 6.24. The molecule has 2 rings (SSSR count). The van der Waals surface area contributed by atoms with Gasteiger partial charge in [0.25, 0.3) is 5.91 Å². The second kappa shape index (κ2) is 5.17. The molecule has 1 aromatic carbocycles. The summed E-state index contributed by atoms with van der Waals surface area (Å²) in [6, 6.07) is 3.92. The van der Waals surface area contributed by atoms with Gasteiger partial charge in [-0.3, -0.25) is 4.79 Å². The molecule has 1 unspecified atom stereocenters. The molecule has 1 heterocycles. The Kier molecular flexibility index (Phi) is 3.59. The van der Waals surface area contributed by atoms with Crippen LogP contribution >= 0.6 is 0 Å². The van der Waals surface area contributed by atoms with E-state index >= 15 is 0 Å². The zero-order chi connectivity index (χ0) is 14.0. The zero-order valence-electron chi connectivity index (χ0n) is 10.6. The van der Waals surface area contributed by atoms with Crippen molar-refractivity contribution in [2.24, 2.45) is 11.0 Å². The van der Waals surface area contributed by atoms with Crippen LogP contribution in [0.25, 0.3) is 0 Å². The highest BCUT2D eigenvalue weighted by Crippen LogP contribution is 2.27. The number of ether oxygens (including phenoxy) is 1. The molecule has 0 aromatic heterocycles. The summed E-state index contributed by atoms with van der Waals surface area (Å²) in [5, 5.41) is 5.14. The monoisotopic (exact) mass is 264 g/mol. The van der Waals surface area contributed by atoms with Crippen LogP contribution in [0.4, 0.5) is 4.39 Å². The summed E-state index contributed by atoms with van der Waals surface area (Å²) in [6.45, 7) is 2.11. The van der Waals surface area contributed by atoms with Crippen molar-refractivity contribution in [1.29, 1.82) is 0 Å². The molecule has 0 radical (unpaired) electrons. The van der Waals surface area contributed by atoms with Crippen LogP contribution in [0.15, 0.2) is 23.3 Å². The van der Waals surface area contributed by atoms with E-state index in [0.717, 1.165) is 5.01 Å². The van der Waals surface area contributed by atoms with Crippen LogP contribution in [-0.2, 0) is 9.59 Å². The van der Waals surface area contributed by atoms with E-state index in [9.17, 15) is 14.0 Å². The molecule has 1 aliphatic rings. The molecule has 0 bridgehead atoms. The fourth-order valence-electron chi connectivity index (χ4n) is 1.92. The van der Waals surface area contributed by atoms with Crippen LogP contribution in [0, 0.1) is 11.7 Å². The summed E-state index contributed by atoms with van der Waals surface area (Å²) in [6.07, 6.45) is 0.531. The smallest absolute Gasteiger partial charge is 0.258 e. The van der Waals surface area contributed by atoms with Crippen LogP contribution in [0.3, 0.4) is 0 Å². The number of hydrogen-bond donors (Lipinski definition) is 0. The van der Waals surface area contributed by atoms with Crippen LogP contribution in [-0.4, -0.2) is 36.6 Å². The number of rotatable bonds is 4. The van der Waals surface area contributed by atoms with Gasteiger partial charge in [-0.25, -0.2) is 9.40 Å². The van der Waals surface area contributed by atoms with Crippen molar-refractivity contribution >= 4 is 17.9 Å². The molecule has 0 saturated carbocycles. The Labute approximate surface area is 109 Å². The maximum atomic E-state index is 13.2. The molecule has 5 nitrogen and oxygen atoms in total. The predicted molar refractivity (Wildman–Crippen MR) is 66.4 cm³/mol. The van der Waals surface area contributed by atoms with Gasteiger partial charge in [0.2, 0.25) is 0 Å². The van der Waals surface area contributed by atoms with Crippen molar-refractivity contribution in [2.75, 3.05) is 13.7 Å². The highest BCUT2D eigenvalue weighted by atomic mass is 19.1. The average molecular weight is 264 g/mol. The normalized spacial score (nSPS) is 18.5. The first-order valence-electron chi connectivity index (χ1n) is 5.82. The van der Waals surface area contributed by atoms with Gasteiger partial charge in [-0.05, 0) is 19.1 Å². The lowest BCUT2D eigenvalue weighted by molar-refractivity contribution is -0.132. The maximum Gasteiger partial charge on any atom is 0.258 e. The standard InChI is InChI=1S/C13H13FN2O3/c1-3-19-11-6-8(14)4-5-9(11)12-10(7-17)13(18)16(2)15-12/h4-7,10H,3H2,1-2H3. The number of hydrazone groups is 1. The first-order chi connectivity index (χ1) is 9.08. The molecule has 0 aliphatic carbocycles. The van der Waals surface area contributed by atoms with Gasteiger partial charge in [0.15, 0.2) is 0 Å². The molecule has 100 valence electrons. The largest absolute Gasteiger partial charge is 0.493 e. The minimum absolute atomic E-state index is 0.274. The van der Waals surface area contributed by atoms with Crippen LogP contribution in [0.2, 0.25) is 0 Å². The van der Waals surface area contributed by atoms with Crippen molar-refractivity contribution in [2.45, 2.75) is 6.92 Å². The van der Waals surface area contributed by atoms with Gasteiger partial charge in [0.05, 0.1) is 12.3 Å². The molecule has 0 fully saturated rings. The summed E-state index contributed by atoms with van der Waals surface area (Å²) >= 11 is 0. The number of benzene rings is 1. The number of carbonyl (C=O) groups is 2. The van der Waals surface area contributed by atoms with Gasteiger partial charge in [-0.2, -0.15) is 5.10 Å². The van der Waals surface area contributed by atoms with E-state index in [1.54, 1.807) is 6.92 Å². The van der Waals surface area contributed by atoms with E-state index in [1.165, 1.54) is 25.2 Å². The Bertz CT molecular complexity index is 557. The van der Waals surface area contributed by atoms with Gasteiger partial charge in [-0.15, -0.1) is 0 Å². The molecule has 0 saturated heterocycles.